The molecule has 1 aliphatic rings. The highest BCUT2D eigenvalue weighted by molar-refractivity contribution is 6.36. The molecule has 0 aromatic carbocycles. The maximum atomic E-state index is 5.81. The van der Waals surface area contributed by atoms with Crippen LogP contribution in [0.15, 0.2) is 10.6 Å². The van der Waals surface area contributed by atoms with Crippen LogP contribution in [0.4, 0.5) is 0 Å². The quantitative estimate of drug-likeness (QED) is 0.750. The molecule has 0 spiro atoms. The molecule has 0 aromatic rings. The van der Waals surface area contributed by atoms with E-state index in [9.17, 15) is 0 Å². The van der Waals surface area contributed by atoms with Crippen molar-refractivity contribution in [3.63, 3.8) is 0 Å². The Labute approximate surface area is 83.3 Å². The first-order valence-corrected chi connectivity index (χ1v) is 4.96. The first-order valence-electron chi connectivity index (χ1n) is 4.15. The summed E-state index contributed by atoms with van der Waals surface area (Å²) >= 11 is 11.2. The van der Waals surface area contributed by atoms with Crippen molar-refractivity contribution in [2.24, 2.45) is 5.73 Å². The lowest BCUT2D eigenvalue weighted by molar-refractivity contribution is 0.228. The molecule has 0 radical (unpaired) electrons. The molecule has 1 aliphatic heterocycles. The molecule has 0 amide bonds. The summed E-state index contributed by atoms with van der Waals surface area (Å²) in [5.74, 6) is 0. The van der Waals surface area contributed by atoms with Crippen LogP contribution in [-0.2, 0) is 0 Å². The van der Waals surface area contributed by atoms with Crippen LogP contribution >= 0.6 is 23.2 Å². The number of hydrogen-bond acceptors (Lipinski definition) is 2. The Balaban J connectivity index is 2.32. The highest BCUT2D eigenvalue weighted by Crippen LogP contribution is 2.12. The van der Waals surface area contributed by atoms with Crippen molar-refractivity contribution in [2.45, 2.75) is 18.9 Å². The molecular weight excluding hydrogens is 195 g/mol. The normalized spacial score (nSPS) is 27.6. The van der Waals surface area contributed by atoms with Crippen molar-refractivity contribution >= 4 is 23.2 Å². The molecule has 12 heavy (non-hydrogen) atoms. The minimum absolute atomic E-state index is 0.304. The molecule has 0 bridgehead atoms. The molecular formula is C8H14Cl2N2. The zero-order valence-electron chi connectivity index (χ0n) is 6.97. The number of halogens is 2. The summed E-state index contributed by atoms with van der Waals surface area (Å²) in [6, 6.07) is 0.304. The Morgan fingerprint density at radius 2 is 2.42 bits per heavy atom. The highest BCUT2D eigenvalue weighted by Gasteiger charge is 2.16. The van der Waals surface area contributed by atoms with Crippen LogP contribution in [0, 0.1) is 0 Å². The van der Waals surface area contributed by atoms with Crippen molar-refractivity contribution < 1.29 is 0 Å². The van der Waals surface area contributed by atoms with Gasteiger partial charge < -0.3 is 5.73 Å². The molecule has 1 rings (SSSR count). The molecule has 1 atom stereocenters. The predicted molar refractivity (Wildman–Crippen MR) is 53.4 cm³/mol. The standard InChI is InChI=1S/C8H14Cl2N2/c9-4-7(10)5-12-3-1-2-8(11)6-12/h4,8H,1-3,5-6,11H2/b7-4-/t8-/m1/s1. The average Bonchev–Trinajstić information content (AvgIpc) is 2.04. The summed E-state index contributed by atoms with van der Waals surface area (Å²) in [6.45, 7) is 2.74. The van der Waals surface area contributed by atoms with Gasteiger partial charge >= 0.3 is 0 Å². The van der Waals surface area contributed by atoms with Gasteiger partial charge in [-0.3, -0.25) is 4.90 Å². The Hall–Kier alpha value is 0.240. The van der Waals surface area contributed by atoms with E-state index in [0.29, 0.717) is 11.1 Å². The van der Waals surface area contributed by atoms with Crippen molar-refractivity contribution in [3.8, 4) is 0 Å². The molecule has 0 aromatic heterocycles. The topological polar surface area (TPSA) is 29.3 Å². The summed E-state index contributed by atoms with van der Waals surface area (Å²) in [7, 11) is 0. The summed E-state index contributed by atoms with van der Waals surface area (Å²) in [6.07, 6.45) is 2.28. The summed E-state index contributed by atoms with van der Waals surface area (Å²) in [4.78, 5) is 2.23. The molecule has 4 heteroatoms. The van der Waals surface area contributed by atoms with E-state index >= 15 is 0 Å². The molecule has 1 saturated heterocycles. The molecule has 1 fully saturated rings. The monoisotopic (exact) mass is 208 g/mol. The Morgan fingerprint density at radius 1 is 1.67 bits per heavy atom. The van der Waals surface area contributed by atoms with Crippen LogP contribution in [0.25, 0.3) is 0 Å². The second kappa shape index (κ2) is 5.07. The van der Waals surface area contributed by atoms with Gasteiger partial charge in [0.05, 0.1) is 0 Å². The lowest BCUT2D eigenvalue weighted by Crippen LogP contribution is -2.43. The first-order chi connectivity index (χ1) is 5.72. The van der Waals surface area contributed by atoms with Gasteiger partial charge in [0, 0.05) is 29.7 Å². The van der Waals surface area contributed by atoms with Gasteiger partial charge in [0.1, 0.15) is 0 Å². The van der Waals surface area contributed by atoms with Crippen molar-refractivity contribution in [1.29, 1.82) is 0 Å². The lowest BCUT2D eigenvalue weighted by Gasteiger charge is -2.30. The molecule has 1 heterocycles. The van der Waals surface area contributed by atoms with Crippen molar-refractivity contribution in [3.05, 3.63) is 10.6 Å². The average molecular weight is 209 g/mol. The lowest BCUT2D eigenvalue weighted by atomic mass is 10.1. The van der Waals surface area contributed by atoms with Gasteiger partial charge in [0.25, 0.3) is 0 Å². The molecule has 2 N–H and O–H groups in total. The SMILES string of the molecule is N[C@@H]1CCCN(C/C(Cl)=C/Cl)C1. The zero-order chi connectivity index (χ0) is 8.97. The summed E-state index contributed by atoms with van der Waals surface area (Å²) in [5, 5.41) is 0.686. The van der Waals surface area contributed by atoms with Crippen LogP contribution < -0.4 is 5.73 Å². The number of hydrogen-bond donors (Lipinski definition) is 1. The van der Waals surface area contributed by atoms with Crippen LogP contribution in [0.1, 0.15) is 12.8 Å². The highest BCUT2D eigenvalue weighted by atomic mass is 35.5. The van der Waals surface area contributed by atoms with E-state index in [1.165, 1.54) is 5.54 Å². The maximum absolute atomic E-state index is 5.81. The number of nitrogens with zero attached hydrogens (tertiary/aromatic N) is 1. The van der Waals surface area contributed by atoms with E-state index in [1.807, 2.05) is 0 Å². The van der Waals surface area contributed by atoms with Gasteiger partial charge in [-0.05, 0) is 19.4 Å². The van der Waals surface area contributed by atoms with E-state index < -0.39 is 0 Å². The summed E-state index contributed by atoms with van der Waals surface area (Å²) in [5.41, 5.74) is 7.22. The largest absolute Gasteiger partial charge is 0.327 e. The van der Waals surface area contributed by atoms with Crippen LogP contribution in [0.5, 0.6) is 0 Å². The van der Waals surface area contributed by atoms with E-state index in [1.54, 1.807) is 0 Å². The van der Waals surface area contributed by atoms with E-state index in [4.69, 9.17) is 28.9 Å². The van der Waals surface area contributed by atoms with E-state index in [2.05, 4.69) is 4.90 Å². The van der Waals surface area contributed by atoms with Gasteiger partial charge in [0.2, 0.25) is 0 Å². The van der Waals surface area contributed by atoms with E-state index in [-0.39, 0.29) is 0 Å². The van der Waals surface area contributed by atoms with Gasteiger partial charge in [0.15, 0.2) is 0 Å². The first kappa shape index (κ1) is 10.3. The van der Waals surface area contributed by atoms with Crippen molar-refractivity contribution in [1.82, 2.24) is 4.90 Å². The Morgan fingerprint density at radius 3 is 3.00 bits per heavy atom. The van der Waals surface area contributed by atoms with Gasteiger partial charge in [-0.15, -0.1) is 0 Å². The number of nitrogens with two attached hydrogens (primary N) is 1. The number of piperidine rings is 1. The second-order valence-electron chi connectivity index (χ2n) is 3.19. The number of likely N-dealkylation sites (tertiary alicyclic amines) is 1. The van der Waals surface area contributed by atoms with Gasteiger partial charge in [-0.25, -0.2) is 0 Å². The summed E-state index contributed by atoms with van der Waals surface area (Å²) < 4.78 is 0. The van der Waals surface area contributed by atoms with Crippen molar-refractivity contribution in [2.75, 3.05) is 19.6 Å². The van der Waals surface area contributed by atoms with Gasteiger partial charge in [-0.2, -0.15) is 0 Å². The fourth-order valence-electron chi connectivity index (χ4n) is 1.48. The molecule has 0 saturated carbocycles. The third kappa shape index (κ3) is 3.31. The Bertz CT molecular complexity index is 170. The fraction of sp³-hybridized carbons (Fsp3) is 0.750. The molecule has 2 nitrogen and oxygen atoms in total. The third-order valence-electron chi connectivity index (χ3n) is 2.04. The Kier molecular flexibility index (Phi) is 4.36. The van der Waals surface area contributed by atoms with Crippen LogP contribution in [0.3, 0.4) is 0 Å². The smallest absolute Gasteiger partial charge is 0.0434 e. The molecule has 0 aliphatic carbocycles. The van der Waals surface area contributed by atoms with E-state index in [0.717, 1.165) is 32.5 Å². The molecule has 0 unspecified atom stereocenters. The maximum Gasteiger partial charge on any atom is 0.0434 e. The zero-order valence-corrected chi connectivity index (χ0v) is 8.48. The fourth-order valence-corrected chi connectivity index (χ4v) is 1.72. The van der Waals surface area contributed by atoms with Crippen LogP contribution in [0.2, 0.25) is 0 Å². The predicted octanol–water partition coefficient (Wildman–Crippen LogP) is 1.73. The second-order valence-corrected chi connectivity index (χ2v) is 3.90. The minimum Gasteiger partial charge on any atom is -0.327 e. The molecule has 70 valence electrons. The van der Waals surface area contributed by atoms with Gasteiger partial charge in [-0.1, -0.05) is 23.2 Å². The minimum atomic E-state index is 0.304. The van der Waals surface area contributed by atoms with Crippen LogP contribution in [-0.4, -0.2) is 30.6 Å². The third-order valence-corrected chi connectivity index (χ3v) is 2.64. The number of rotatable bonds is 2.